The number of furan rings is 1. The Bertz CT molecular complexity index is 995. The zero-order valence-electron chi connectivity index (χ0n) is 14.4. The largest absolute Gasteiger partial charge is 0.456 e. The van der Waals surface area contributed by atoms with Crippen LogP contribution in [0, 0.1) is 11.8 Å². The highest BCUT2D eigenvalue weighted by Gasteiger charge is 2.20. The molecule has 1 aliphatic heterocycles. The topological polar surface area (TPSA) is 51.3 Å². The van der Waals surface area contributed by atoms with Gasteiger partial charge in [-0.25, -0.2) is 4.98 Å². The summed E-state index contributed by atoms with van der Waals surface area (Å²) >= 11 is 0. The van der Waals surface area contributed by atoms with Gasteiger partial charge in [0, 0.05) is 19.5 Å². The number of fused-ring (bicyclic) bond motifs is 1. The lowest BCUT2D eigenvalue weighted by atomic mass is 10.1. The predicted molar refractivity (Wildman–Crippen MR) is 98.6 cm³/mol. The normalized spacial score (nSPS) is 13.7. The van der Waals surface area contributed by atoms with Crippen LogP contribution in [0.15, 0.2) is 64.3 Å². The number of aromatic nitrogens is 2. The minimum absolute atomic E-state index is 0.0440. The summed E-state index contributed by atoms with van der Waals surface area (Å²) in [4.78, 5) is 19.6. The van der Waals surface area contributed by atoms with Gasteiger partial charge in [-0.05, 0) is 23.6 Å². The van der Waals surface area contributed by atoms with E-state index >= 15 is 0 Å². The summed E-state index contributed by atoms with van der Waals surface area (Å²) in [7, 11) is 0. The van der Waals surface area contributed by atoms with E-state index in [2.05, 4.69) is 21.7 Å². The van der Waals surface area contributed by atoms with Crippen LogP contribution in [-0.2, 0) is 19.5 Å². The minimum Gasteiger partial charge on any atom is -0.456 e. The monoisotopic (exact) mass is 345 g/mol. The van der Waals surface area contributed by atoms with Gasteiger partial charge < -0.3 is 4.42 Å². The molecule has 0 fully saturated rings. The van der Waals surface area contributed by atoms with E-state index in [0.717, 1.165) is 29.8 Å². The third-order valence-electron chi connectivity index (χ3n) is 4.50. The van der Waals surface area contributed by atoms with Crippen molar-refractivity contribution in [3.8, 4) is 11.8 Å². The maximum Gasteiger partial charge on any atom is 0.258 e. The molecule has 130 valence electrons. The number of hydrogen-bond donors (Lipinski definition) is 0. The van der Waals surface area contributed by atoms with Gasteiger partial charge in [0.1, 0.15) is 0 Å². The van der Waals surface area contributed by atoms with Crippen LogP contribution in [0.2, 0.25) is 0 Å². The van der Waals surface area contributed by atoms with E-state index in [1.54, 1.807) is 17.2 Å². The maximum absolute atomic E-state index is 12.9. The molecule has 5 heteroatoms. The Hall–Kier alpha value is -3.10. The molecule has 0 aliphatic carbocycles. The molecule has 3 heterocycles. The third-order valence-corrected chi connectivity index (χ3v) is 4.50. The maximum atomic E-state index is 12.9. The molecule has 0 saturated heterocycles. The van der Waals surface area contributed by atoms with Crippen LogP contribution in [0.25, 0.3) is 0 Å². The molecule has 0 atom stereocenters. The highest BCUT2D eigenvalue weighted by Crippen LogP contribution is 2.13. The summed E-state index contributed by atoms with van der Waals surface area (Å²) in [5, 5.41) is 0. The number of benzene rings is 1. The highest BCUT2D eigenvalue weighted by atomic mass is 16.3. The molecule has 0 unspecified atom stereocenters. The van der Waals surface area contributed by atoms with Gasteiger partial charge in [-0.15, -0.1) is 0 Å². The van der Waals surface area contributed by atoms with E-state index in [1.165, 1.54) is 0 Å². The molecule has 0 N–H and O–H groups in total. The fraction of sp³-hybridized carbons (Fsp3) is 0.238. The van der Waals surface area contributed by atoms with Gasteiger partial charge in [-0.2, -0.15) is 0 Å². The van der Waals surface area contributed by atoms with Crippen molar-refractivity contribution in [3.05, 3.63) is 88.0 Å². The van der Waals surface area contributed by atoms with E-state index in [9.17, 15) is 4.79 Å². The van der Waals surface area contributed by atoms with E-state index in [4.69, 9.17) is 4.42 Å². The summed E-state index contributed by atoms with van der Waals surface area (Å²) in [5.41, 5.74) is 2.83. The lowest BCUT2D eigenvalue weighted by Crippen LogP contribution is -2.38. The summed E-state index contributed by atoms with van der Waals surface area (Å²) < 4.78 is 6.90. The quantitative estimate of drug-likeness (QED) is 0.684. The average Bonchev–Trinajstić information content (AvgIpc) is 3.19. The molecule has 2 aromatic heterocycles. The molecule has 26 heavy (non-hydrogen) atoms. The predicted octanol–water partition coefficient (Wildman–Crippen LogP) is 2.29. The first-order valence-electron chi connectivity index (χ1n) is 8.65. The van der Waals surface area contributed by atoms with Crippen LogP contribution in [0.1, 0.15) is 22.6 Å². The molecule has 0 amide bonds. The smallest absolute Gasteiger partial charge is 0.258 e. The van der Waals surface area contributed by atoms with Gasteiger partial charge in [-0.3, -0.25) is 14.3 Å². The molecule has 4 rings (SSSR count). The SMILES string of the molecule is O=c1c2c(ncn1Cc1ccccc1)CCN(CC#Cc1ccco1)C2. The molecule has 1 aliphatic rings. The number of hydrogen-bond acceptors (Lipinski definition) is 4. The zero-order chi connectivity index (χ0) is 17.8. The van der Waals surface area contributed by atoms with Crippen LogP contribution in [-0.4, -0.2) is 27.5 Å². The molecule has 0 saturated carbocycles. The van der Waals surface area contributed by atoms with Gasteiger partial charge in [0.05, 0.1) is 36.9 Å². The molecule has 0 radical (unpaired) electrons. The van der Waals surface area contributed by atoms with Crippen molar-refractivity contribution in [3.63, 3.8) is 0 Å². The van der Waals surface area contributed by atoms with Crippen LogP contribution in [0.5, 0.6) is 0 Å². The molecule has 0 spiro atoms. The highest BCUT2D eigenvalue weighted by molar-refractivity contribution is 5.26. The van der Waals surface area contributed by atoms with Crippen molar-refractivity contribution in [1.82, 2.24) is 14.5 Å². The van der Waals surface area contributed by atoms with Crippen molar-refractivity contribution < 1.29 is 4.42 Å². The summed E-state index contributed by atoms with van der Waals surface area (Å²) in [5.74, 6) is 6.77. The Morgan fingerprint density at radius 2 is 2.04 bits per heavy atom. The molecule has 1 aromatic carbocycles. The number of nitrogens with zero attached hydrogens (tertiary/aromatic N) is 3. The van der Waals surface area contributed by atoms with Crippen LogP contribution >= 0.6 is 0 Å². The second kappa shape index (κ2) is 7.42. The van der Waals surface area contributed by atoms with Crippen molar-refractivity contribution in [2.24, 2.45) is 0 Å². The van der Waals surface area contributed by atoms with Gasteiger partial charge in [-0.1, -0.05) is 36.3 Å². The Labute approximate surface area is 151 Å². The van der Waals surface area contributed by atoms with Crippen molar-refractivity contribution in [2.75, 3.05) is 13.1 Å². The minimum atomic E-state index is 0.0440. The Kier molecular flexibility index (Phi) is 4.67. The molecule has 5 nitrogen and oxygen atoms in total. The van der Waals surface area contributed by atoms with Crippen molar-refractivity contribution in [1.29, 1.82) is 0 Å². The molecule has 0 bridgehead atoms. The van der Waals surface area contributed by atoms with Crippen LogP contribution in [0.4, 0.5) is 0 Å². The van der Waals surface area contributed by atoms with Crippen molar-refractivity contribution >= 4 is 0 Å². The average molecular weight is 345 g/mol. The Balaban J connectivity index is 1.50. The summed E-state index contributed by atoms with van der Waals surface area (Å²) in [6.07, 6.45) is 4.06. The first kappa shape index (κ1) is 16.4. The van der Waals surface area contributed by atoms with Crippen LogP contribution in [0.3, 0.4) is 0 Å². The third kappa shape index (κ3) is 3.61. The lowest BCUT2D eigenvalue weighted by Gasteiger charge is -2.26. The van der Waals surface area contributed by atoms with E-state index in [-0.39, 0.29) is 5.56 Å². The van der Waals surface area contributed by atoms with E-state index < -0.39 is 0 Å². The van der Waals surface area contributed by atoms with Crippen LogP contribution < -0.4 is 5.56 Å². The van der Waals surface area contributed by atoms with E-state index in [1.807, 2.05) is 42.5 Å². The second-order valence-electron chi connectivity index (χ2n) is 6.33. The summed E-state index contributed by atoms with van der Waals surface area (Å²) in [6, 6.07) is 13.6. The number of rotatable bonds is 3. The Morgan fingerprint density at radius 1 is 1.15 bits per heavy atom. The van der Waals surface area contributed by atoms with Gasteiger partial charge in [0.15, 0.2) is 5.76 Å². The first-order valence-corrected chi connectivity index (χ1v) is 8.65. The van der Waals surface area contributed by atoms with Gasteiger partial charge in [0.2, 0.25) is 0 Å². The first-order chi connectivity index (χ1) is 12.8. The molecular formula is C21H19N3O2. The fourth-order valence-electron chi connectivity index (χ4n) is 3.12. The molecule has 3 aromatic rings. The Morgan fingerprint density at radius 3 is 2.85 bits per heavy atom. The molecular weight excluding hydrogens is 326 g/mol. The standard InChI is InChI=1S/C21H19N3O2/c25-21-19-15-23(11-4-8-18-9-5-13-26-18)12-10-20(19)22-16-24(21)14-17-6-2-1-3-7-17/h1-3,5-7,9,13,16H,10-12,14-15H2. The lowest BCUT2D eigenvalue weighted by molar-refractivity contribution is 0.280. The second-order valence-corrected chi connectivity index (χ2v) is 6.33. The zero-order valence-corrected chi connectivity index (χ0v) is 14.4. The summed E-state index contributed by atoms with van der Waals surface area (Å²) in [6.45, 7) is 2.59. The van der Waals surface area contributed by atoms with E-state index in [0.29, 0.717) is 25.4 Å². The fourth-order valence-corrected chi connectivity index (χ4v) is 3.12. The van der Waals surface area contributed by atoms with Gasteiger partial charge in [0.25, 0.3) is 5.56 Å². The van der Waals surface area contributed by atoms with Gasteiger partial charge >= 0.3 is 0 Å². The van der Waals surface area contributed by atoms with Crippen molar-refractivity contribution in [2.45, 2.75) is 19.5 Å².